The molecule has 1 unspecified atom stereocenters. The lowest BCUT2D eigenvalue weighted by molar-refractivity contribution is 0.171. The summed E-state index contributed by atoms with van der Waals surface area (Å²) in [6, 6.07) is 4.39. The second-order valence-electron chi connectivity index (χ2n) is 5.51. The van der Waals surface area contributed by atoms with Crippen LogP contribution in [0.3, 0.4) is 0 Å². The molecule has 2 aromatic rings. The van der Waals surface area contributed by atoms with Crippen LogP contribution in [0.15, 0.2) is 18.5 Å². The van der Waals surface area contributed by atoms with Crippen LogP contribution >= 0.6 is 0 Å². The highest BCUT2D eigenvalue weighted by molar-refractivity contribution is 5.55. The van der Waals surface area contributed by atoms with Crippen LogP contribution in [0.5, 0.6) is 17.2 Å². The molecular weight excluding hydrogens is 284 g/mol. The molecule has 1 aromatic carbocycles. The molecule has 116 valence electrons. The van der Waals surface area contributed by atoms with Crippen molar-refractivity contribution < 1.29 is 14.2 Å². The molecule has 0 spiro atoms. The van der Waals surface area contributed by atoms with Gasteiger partial charge in [0, 0.05) is 19.0 Å². The maximum Gasteiger partial charge on any atom is 0.231 e. The average Bonchev–Trinajstić information content (AvgIpc) is 3.20. The minimum absolute atomic E-state index is 0.250. The lowest BCUT2D eigenvalue weighted by atomic mass is 10.1. The van der Waals surface area contributed by atoms with E-state index in [0.29, 0.717) is 17.5 Å². The second-order valence-corrected chi connectivity index (χ2v) is 5.51. The summed E-state index contributed by atoms with van der Waals surface area (Å²) >= 11 is 0. The van der Waals surface area contributed by atoms with E-state index < -0.39 is 0 Å². The molecule has 0 radical (unpaired) electrons. The molecule has 4 rings (SSSR count). The van der Waals surface area contributed by atoms with Crippen LogP contribution in [0.4, 0.5) is 0 Å². The summed E-state index contributed by atoms with van der Waals surface area (Å²) in [6.07, 6.45) is 3.66. The molecular formula is C15H18N4O3. The molecule has 2 aliphatic rings. The van der Waals surface area contributed by atoms with Crippen LogP contribution in [-0.4, -0.2) is 34.7 Å². The van der Waals surface area contributed by atoms with Gasteiger partial charge in [0.25, 0.3) is 0 Å². The van der Waals surface area contributed by atoms with Gasteiger partial charge in [-0.3, -0.25) is 0 Å². The third-order valence-corrected chi connectivity index (χ3v) is 4.12. The molecule has 7 nitrogen and oxygen atoms in total. The molecule has 1 aromatic heterocycles. The van der Waals surface area contributed by atoms with Gasteiger partial charge in [-0.1, -0.05) is 0 Å². The number of ether oxygens (including phenoxy) is 3. The van der Waals surface area contributed by atoms with E-state index >= 15 is 0 Å². The summed E-state index contributed by atoms with van der Waals surface area (Å²) in [5.41, 5.74) is 1.12. The Hall–Kier alpha value is -2.28. The Morgan fingerprint density at radius 1 is 1.41 bits per heavy atom. The summed E-state index contributed by atoms with van der Waals surface area (Å²) in [4.78, 5) is 4.25. The molecule has 0 bridgehead atoms. The predicted molar refractivity (Wildman–Crippen MR) is 78.1 cm³/mol. The molecule has 22 heavy (non-hydrogen) atoms. The van der Waals surface area contributed by atoms with E-state index in [9.17, 15) is 0 Å². The van der Waals surface area contributed by atoms with E-state index in [1.54, 1.807) is 13.4 Å². The summed E-state index contributed by atoms with van der Waals surface area (Å²) in [5, 5.41) is 7.82. The lowest BCUT2D eigenvalue weighted by Crippen LogP contribution is -2.37. The number of hydrogen-bond acceptors (Lipinski definition) is 6. The number of aromatic nitrogens is 3. The highest BCUT2D eigenvalue weighted by atomic mass is 16.7. The Labute approximate surface area is 128 Å². The smallest absolute Gasteiger partial charge is 0.231 e. The lowest BCUT2D eigenvalue weighted by Gasteiger charge is -2.23. The number of fused-ring (bicyclic) bond motifs is 2. The van der Waals surface area contributed by atoms with Crippen molar-refractivity contribution >= 4 is 0 Å². The van der Waals surface area contributed by atoms with Crippen LogP contribution in [-0.2, 0) is 19.5 Å². The van der Waals surface area contributed by atoms with Crippen molar-refractivity contribution in [2.24, 2.45) is 0 Å². The van der Waals surface area contributed by atoms with Gasteiger partial charge in [0.05, 0.1) is 13.7 Å². The summed E-state index contributed by atoms with van der Waals surface area (Å²) < 4.78 is 18.2. The first-order chi connectivity index (χ1) is 10.8. The normalized spacial score (nSPS) is 19.0. The van der Waals surface area contributed by atoms with Crippen molar-refractivity contribution in [1.82, 2.24) is 20.1 Å². The van der Waals surface area contributed by atoms with E-state index in [2.05, 4.69) is 15.4 Å². The highest BCUT2D eigenvalue weighted by Gasteiger charge is 2.22. The standard InChI is InChI=1S/C15H18N4O3/c1-20-12-4-10(5-13-15(12)22-9-21-13)6-16-11-2-3-14-17-8-18-19(14)7-11/h4-5,8,11,16H,2-3,6-7,9H2,1H3. The molecule has 0 fully saturated rings. The fourth-order valence-corrected chi connectivity index (χ4v) is 2.95. The molecule has 0 saturated carbocycles. The van der Waals surface area contributed by atoms with Gasteiger partial charge in [-0.25, -0.2) is 9.67 Å². The van der Waals surface area contributed by atoms with Crippen LogP contribution < -0.4 is 19.5 Å². The SMILES string of the molecule is COc1cc(CNC2CCc3ncnn3C2)cc2c1OCO2. The van der Waals surface area contributed by atoms with Crippen molar-refractivity contribution in [3.63, 3.8) is 0 Å². The number of nitrogens with one attached hydrogen (secondary N) is 1. The maximum absolute atomic E-state index is 5.46. The van der Waals surface area contributed by atoms with Gasteiger partial charge < -0.3 is 19.5 Å². The fraction of sp³-hybridized carbons (Fsp3) is 0.467. The van der Waals surface area contributed by atoms with Gasteiger partial charge in [0.1, 0.15) is 12.2 Å². The van der Waals surface area contributed by atoms with E-state index in [4.69, 9.17) is 14.2 Å². The molecule has 0 amide bonds. The van der Waals surface area contributed by atoms with E-state index in [0.717, 1.165) is 43.1 Å². The van der Waals surface area contributed by atoms with Gasteiger partial charge in [-0.2, -0.15) is 5.10 Å². The first-order valence-corrected chi connectivity index (χ1v) is 7.40. The average molecular weight is 302 g/mol. The third-order valence-electron chi connectivity index (χ3n) is 4.12. The molecule has 2 aliphatic heterocycles. The van der Waals surface area contributed by atoms with Crippen molar-refractivity contribution in [3.05, 3.63) is 29.8 Å². The van der Waals surface area contributed by atoms with Crippen LogP contribution in [0.1, 0.15) is 17.8 Å². The molecule has 1 atom stereocenters. The fourth-order valence-electron chi connectivity index (χ4n) is 2.95. The topological polar surface area (TPSA) is 70.4 Å². The van der Waals surface area contributed by atoms with Crippen LogP contribution in [0, 0.1) is 0 Å². The Bertz CT molecular complexity index is 685. The maximum atomic E-state index is 5.46. The quantitative estimate of drug-likeness (QED) is 0.912. The number of rotatable bonds is 4. The minimum atomic E-state index is 0.250. The zero-order valence-corrected chi connectivity index (χ0v) is 12.4. The number of nitrogens with zero attached hydrogens (tertiary/aromatic N) is 3. The Balaban J connectivity index is 1.44. The molecule has 0 saturated heterocycles. The Morgan fingerprint density at radius 2 is 2.36 bits per heavy atom. The van der Waals surface area contributed by atoms with Crippen molar-refractivity contribution in [1.29, 1.82) is 0 Å². The Kier molecular flexibility index (Phi) is 3.34. The predicted octanol–water partition coefficient (Wildman–Crippen LogP) is 1.12. The van der Waals surface area contributed by atoms with Gasteiger partial charge in [-0.15, -0.1) is 0 Å². The largest absolute Gasteiger partial charge is 0.493 e. The number of aryl methyl sites for hydroxylation is 1. The second kappa shape index (κ2) is 5.49. The molecule has 3 heterocycles. The monoisotopic (exact) mass is 302 g/mol. The van der Waals surface area contributed by atoms with E-state index in [1.807, 2.05) is 16.8 Å². The van der Waals surface area contributed by atoms with Crippen molar-refractivity contribution in [2.75, 3.05) is 13.9 Å². The number of methoxy groups -OCH3 is 1. The summed E-state index contributed by atoms with van der Waals surface area (Å²) in [6.45, 7) is 1.86. The first-order valence-electron chi connectivity index (χ1n) is 7.40. The Morgan fingerprint density at radius 3 is 3.27 bits per heavy atom. The van der Waals surface area contributed by atoms with Gasteiger partial charge in [0.15, 0.2) is 11.5 Å². The minimum Gasteiger partial charge on any atom is -0.493 e. The van der Waals surface area contributed by atoms with Crippen LogP contribution in [0.25, 0.3) is 0 Å². The number of benzene rings is 1. The van der Waals surface area contributed by atoms with Gasteiger partial charge >= 0.3 is 0 Å². The van der Waals surface area contributed by atoms with E-state index in [1.165, 1.54) is 0 Å². The summed E-state index contributed by atoms with van der Waals surface area (Å²) in [7, 11) is 1.64. The molecule has 1 N–H and O–H groups in total. The first kappa shape index (κ1) is 13.4. The zero-order valence-electron chi connectivity index (χ0n) is 12.4. The summed E-state index contributed by atoms with van der Waals surface area (Å²) in [5.74, 6) is 3.23. The van der Waals surface area contributed by atoms with Gasteiger partial charge in [0.2, 0.25) is 12.5 Å². The van der Waals surface area contributed by atoms with Gasteiger partial charge in [-0.05, 0) is 24.1 Å². The number of hydrogen-bond donors (Lipinski definition) is 1. The highest BCUT2D eigenvalue weighted by Crippen LogP contribution is 2.41. The van der Waals surface area contributed by atoms with E-state index in [-0.39, 0.29) is 6.79 Å². The molecule has 7 heteroatoms. The third kappa shape index (κ3) is 2.37. The van der Waals surface area contributed by atoms with Crippen molar-refractivity contribution in [2.45, 2.75) is 32.0 Å². The van der Waals surface area contributed by atoms with Crippen LogP contribution in [0.2, 0.25) is 0 Å². The molecule has 0 aliphatic carbocycles. The zero-order chi connectivity index (χ0) is 14.9. The van der Waals surface area contributed by atoms with Crippen molar-refractivity contribution in [3.8, 4) is 17.2 Å².